The molecule has 0 bridgehead atoms. The zero-order valence-electron chi connectivity index (χ0n) is 16.6. The summed E-state index contributed by atoms with van der Waals surface area (Å²) in [7, 11) is -3.64. The van der Waals surface area contributed by atoms with E-state index >= 15 is 0 Å². The molecule has 0 radical (unpaired) electrons. The summed E-state index contributed by atoms with van der Waals surface area (Å²) in [6, 6.07) is 22.8. The van der Waals surface area contributed by atoms with Crippen LogP contribution in [0, 0.1) is 0 Å². The zero-order chi connectivity index (χ0) is 21.6. The van der Waals surface area contributed by atoms with Crippen molar-refractivity contribution < 1.29 is 13.2 Å². The van der Waals surface area contributed by atoms with E-state index in [2.05, 4.69) is 5.32 Å². The number of halogens is 1. The Hall–Kier alpha value is -2.67. The maximum atomic E-state index is 12.9. The maximum Gasteiger partial charge on any atom is 0.251 e. The van der Waals surface area contributed by atoms with Gasteiger partial charge in [0.2, 0.25) is 10.0 Å². The minimum absolute atomic E-state index is 0.175. The van der Waals surface area contributed by atoms with E-state index in [1.54, 1.807) is 43.3 Å². The first-order chi connectivity index (χ1) is 14.4. The Morgan fingerprint density at radius 2 is 1.53 bits per heavy atom. The third kappa shape index (κ3) is 5.48. The molecule has 0 aliphatic rings. The van der Waals surface area contributed by atoms with Crippen molar-refractivity contribution in [2.45, 2.75) is 24.9 Å². The van der Waals surface area contributed by atoms with Gasteiger partial charge in [-0.05, 0) is 47.5 Å². The lowest BCUT2D eigenvalue weighted by Gasteiger charge is -2.21. The van der Waals surface area contributed by atoms with Crippen molar-refractivity contribution in [2.75, 3.05) is 6.54 Å². The van der Waals surface area contributed by atoms with Gasteiger partial charge >= 0.3 is 0 Å². The fraction of sp³-hybridized carbons (Fsp3) is 0.174. The van der Waals surface area contributed by atoms with Crippen molar-refractivity contribution in [1.82, 2.24) is 9.62 Å². The summed E-state index contributed by atoms with van der Waals surface area (Å²) in [6.45, 7) is 2.78. The number of benzene rings is 3. The Balaban J connectivity index is 1.66. The first kappa shape index (κ1) is 22.0. The van der Waals surface area contributed by atoms with Crippen molar-refractivity contribution in [1.29, 1.82) is 0 Å². The van der Waals surface area contributed by atoms with Crippen LogP contribution in [0.1, 0.15) is 28.4 Å². The monoisotopic (exact) mass is 442 g/mol. The smallest absolute Gasteiger partial charge is 0.251 e. The molecule has 0 saturated heterocycles. The average molecular weight is 443 g/mol. The van der Waals surface area contributed by atoms with E-state index in [0.717, 1.165) is 11.1 Å². The molecule has 0 aliphatic heterocycles. The van der Waals surface area contributed by atoms with Crippen LogP contribution in [0.15, 0.2) is 83.8 Å². The van der Waals surface area contributed by atoms with Gasteiger partial charge in [0, 0.05) is 30.2 Å². The van der Waals surface area contributed by atoms with Crippen molar-refractivity contribution in [3.8, 4) is 0 Å². The fourth-order valence-corrected chi connectivity index (χ4v) is 4.53. The summed E-state index contributed by atoms with van der Waals surface area (Å²) in [5, 5.41) is 3.37. The standard InChI is InChI=1S/C23H23ClN2O3S/c1-2-26(30(28,29)22-14-12-21(24)13-15-22)17-19-8-10-20(11-9-19)23(27)25-16-18-6-4-3-5-7-18/h3-15H,2,16-17H2,1H3,(H,25,27). The predicted molar refractivity (Wildman–Crippen MR) is 119 cm³/mol. The van der Waals surface area contributed by atoms with Crippen LogP contribution < -0.4 is 5.32 Å². The number of rotatable bonds is 8. The average Bonchev–Trinajstić information content (AvgIpc) is 2.77. The van der Waals surface area contributed by atoms with Crippen LogP contribution in [-0.2, 0) is 23.1 Å². The molecule has 0 aliphatic carbocycles. The number of nitrogens with zero attached hydrogens (tertiary/aromatic N) is 1. The van der Waals surface area contributed by atoms with Crippen LogP contribution in [0.25, 0.3) is 0 Å². The lowest BCUT2D eigenvalue weighted by molar-refractivity contribution is 0.0951. The molecule has 0 spiro atoms. The molecule has 5 nitrogen and oxygen atoms in total. The van der Waals surface area contributed by atoms with Crippen LogP contribution in [0.5, 0.6) is 0 Å². The minimum atomic E-state index is -3.64. The van der Waals surface area contributed by atoms with E-state index in [9.17, 15) is 13.2 Å². The van der Waals surface area contributed by atoms with Gasteiger partial charge < -0.3 is 5.32 Å². The molecule has 0 unspecified atom stereocenters. The van der Waals surface area contributed by atoms with E-state index in [1.807, 2.05) is 30.3 Å². The highest BCUT2D eigenvalue weighted by molar-refractivity contribution is 7.89. The summed E-state index contributed by atoms with van der Waals surface area (Å²) in [6.07, 6.45) is 0. The zero-order valence-corrected chi connectivity index (χ0v) is 18.2. The fourth-order valence-electron chi connectivity index (χ4n) is 2.97. The van der Waals surface area contributed by atoms with Crippen molar-refractivity contribution >= 4 is 27.5 Å². The molecule has 156 valence electrons. The van der Waals surface area contributed by atoms with E-state index < -0.39 is 10.0 Å². The second-order valence-electron chi connectivity index (χ2n) is 6.75. The third-order valence-corrected chi connectivity index (χ3v) is 6.86. The number of hydrogen-bond donors (Lipinski definition) is 1. The van der Waals surface area contributed by atoms with E-state index in [-0.39, 0.29) is 17.3 Å². The topological polar surface area (TPSA) is 66.5 Å². The van der Waals surface area contributed by atoms with Crippen LogP contribution >= 0.6 is 11.6 Å². The molecule has 3 aromatic rings. The number of amides is 1. The summed E-state index contributed by atoms with van der Waals surface area (Å²) in [5.74, 6) is -0.175. The molecular weight excluding hydrogens is 420 g/mol. The largest absolute Gasteiger partial charge is 0.348 e. The van der Waals surface area contributed by atoms with Crippen molar-refractivity contribution in [2.24, 2.45) is 0 Å². The summed E-state index contributed by atoms with van der Waals surface area (Å²) in [5.41, 5.74) is 2.35. The van der Waals surface area contributed by atoms with Gasteiger partial charge in [-0.1, -0.05) is 61.0 Å². The van der Waals surface area contributed by atoms with Crippen molar-refractivity contribution in [3.63, 3.8) is 0 Å². The molecule has 0 atom stereocenters. The molecule has 3 rings (SSSR count). The molecule has 0 heterocycles. The lowest BCUT2D eigenvalue weighted by Crippen LogP contribution is -2.30. The number of carbonyl (C=O) groups is 1. The minimum Gasteiger partial charge on any atom is -0.348 e. The molecule has 30 heavy (non-hydrogen) atoms. The van der Waals surface area contributed by atoms with E-state index in [4.69, 9.17) is 11.6 Å². The summed E-state index contributed by atoms with van der Waals surface area (Å²) < 4.78 is 27.2. The van der Waals surface area contributed by atoms with Crippen LogP contribution in [0.4, 0.5) is 0 Å². The molecule has 1 N–H and O–H groups in total. The molecule has 3 aromatic carbocycles. The quantitative estimate of drug-likeness (QED) is 0.559. The highest BCUT2D eigenvalue weighted by Crippen LogP contribution is 2.20. The lowest BCUT2D eigenvalue weighted by atomic mass is 10.1. The molecular formula is C23H23ClN2O3S. The number of hydrogen-bond acceptors (Lipinski definition) is 3. The van der Waals surface area contributed by atoms with Gasteiger partial charge in [0.15, 0.2) is 0 Å². The maximum absolute atomic E-state index is 12.9. The van der Waals surface area contributed by atoms with Gasteiger partial charge in [0.25, 0.3) is 5.91 Å². The predicted octanol–water partition coefficient (Wildman–Crippen LogP) is 4.48. The normalized spacial score (nSPS) is 11.4. The van der Waals surface area contributed by atoms with Gasteiger partial charge in [-0.25, -0.2) is 8.42 Å². The highest BCUT2D eigenvalue weighted by Gasteiger charge is 2.23. The van der Waals surface area contributed by atoms with Crippen molar-refractivity contribution in [3.05, 3.63) is 101 Å². The number of nitrogens with one attached hydrogen (secondary N) is 1. The number of sulfonamides is 1. The van der Waals surface area contributed by atoms with E-state index in [1.165, 1.54) is 16.4 Å². The molecule has 0 saturated carbocycles. The Morgan fingerprint density at radius 1 is 0.900 bits per heavy atom. The Labute approximate surface area is 182 Å². The van der Waals surface area contributed by atoms with Gasteiger partial charge in [-0.2, -0.15) is 4.31 Å². The molecule has 7 heteroatoms. The van der Waals surface area contributed by atoms with E-state index in [0.29, 0.717) is 23.7 Å². The summed E-state index contributed by atoms with van der Waals surface area (Å²) in [4.78, 5) is 12.6. The second-order valence-corrected chi connectivity index (χ2v) is 9.12. The highest BCUT2D eigenvalue weighted by atomic mass is 35.5. The SMILES string of the molecule is CCN(Cc1ccc(C(=O)NCc2ccccc2)cc1)S(=O)(=O)c1ccc(Cl)cc1. The third-order valence-electron chi connectivity index (χ3n) is 4.68. The van der Waals surface area contributed by atoms with Gasteiger partial charge in [0.1, 0.15) is 0 Å². The Bertz CT molecular complexity index is 1080. The molecule has 0 fully saturated rings. The first-order valence-corrected chi connectivity index (χ1v) is 11.4. The van der Waals surface area contributed by atoms with Gasteiger partial charge in [-0.3, -0.25) is 4.79 Å². The van der Waals surface area contributed by atoms with Gasteiger partial charge in [-0.15, -0.1) is 0 Å². The first-order valence-electron chi connectivity index (χ1n) is 9.57. The number of carbonyl (C=O) groups excluding carboxylic acids is 1. The molecule has 1 amide bonds. The van der Waals surface area contributed by atoms with Crippen LogP contribution in [0.2, 0.25) is 5.02 Å². The summed E-state index contributed by atoms with van der Waals surface area (Å²) >= 11 is 5.86. The van der Waals surface area contributed by atoms with Gasteiger partial charge in [0.05, 0.1) is 4.90 Å². The Morgan fingerprint density at radius 3 is 2.13 bits per heavy atom. The molecule has 0 aromatic heterocycles. The van der Waals surface area contributed by atoms with Crippen LogP contribution in [0.3, 0.4) is 0 Å². The second kappa shape index (κ2) is 9.89. The Kier molecular flexibility index (Phi) is 7.26. The van der Waals surface area contributed by atoms with Crippen LogP contribution in [-0.4, -0.2) is 25.2 Å².